The number of aromatic amines is 1. The Kier molecular flexibility index (Phi) is 4.81. The summed E-state index contributed by atoms with van der Waals surface area (Å²) in [6.45, 7) is 1.74. The molecule has 0 saturated carbocycles. The monoisotopic (exact) mass is 308 g/mol. The van der Waals surface area contributed by atoms with E-state index < -0.39 is 10.0 Å². The van der Waals surface area contributed by atoms with Gasteiger partial charge in [0.05, 0.1) is 4.90 Å². The van der Waals surface area contributed by atoms with Gasteiger partial charge in [-0.25, -0.2) is 18.1 Å². The highest BCUT2D eigenvalue weighted by molar-refractivity contribution is 7.89. The Labute approximate surface area is 122 Å². The van der Waals surface area contributed by atoms with E-state index in [9.17, 15) is 13.2 Å². The van der Waals surface area contributed by atoms with Crippen molar-refractivity contribution in [3.8, 4) is 0 Å². The predicted molar refractivity (Wildman–Crippen MR) is 76.3 cm³/mol. The number of aryl methyl sites for hydroxylation is 1. The fraction of sp³-hybridized carbons (Fsp3) is 0.308. The smallest absolute Gasteiger partial charge is 0.240 e. The van der Waals surface area contributed by atoms with Crippen LogP contribution in [0.4, 0.5) is 0 Å². The van der Waals surface area contributed by atoms with Gasteiger partial charge in [-0.2, -0.15) is 5.10 Å². The number of benzene rings is 1. The zero-order valence-corrected chi connectivity index (χ0v) is 12.4. The second kappa shape index (κ2) is 6.59. The van der Waals surface area contributed by atoms with Crippen molar-refractivity contribution in [2.75, 3.05) is 6.54 Å². The van der Waals surface area contributed by atoms with Crippen LogP contribution in [-0.4, -0.2) is 35.9 Å². The molecule has 1 aromatic heterocycles. The van der Waals surface area contributed by atoms with Crippen molar-refractivity contribution in [3.63, 3.8) is 0 Å². The molecular formula is C13H16N4O3S. The van der Waals surface area contributed by atoms with Gasteiger partial charge in [0.1, 0.15) is 12.2 Å². The van der Waals surface area contributed by atoms with Crippen molar-refractivity contribution < 1.29 is 13.2 Å². The summed E-state index contributed by atoms with van der Waals surface area (Å²) in [5.41, 5.74) is 0.485. The van der Waals surface area contributed by atoms with Gasteiger partial charge in [-0.05, 0) is 25.5 Å². The van der Waals surface area contributed by atoms with E-state index >= 15 is 0 Å². The van der Waals surface area contributed by atoms with Gasteiger partial charge in [0.25, 0.3) is 0 Å². The lowest BCUT2D eigenvalue weighted by Gasteiger charge is -2.06. The minimum absolute atomic E-state index is 0.0982. The molecule has 0 saturated heterocycles. The molecular weight excluding hydrogens is 292 g/mol. The maximum atomic E-state index is 12.0. The number of Topliss-reactive ketones (excluding diaryl/α,β-unsaturated/α-hetero) is 1. The third-order valence-electron chi connectivity index (χ3n) is 2.92. The highest BCUT2D eigenvalue weighted by Gasteiger charge is 2.13. The molecule has 8 heteroatoms. The number of carbonyl (C=O) groups is 1. The van der Waals surface area contributed by atoms with E-state index in [4.69, 9.17) is 0 Å². The van der Waals surface area contributed by atoms with Gasteiger partial charge in [0, 0.05) is 18.5 Å². The van der Waals surface area contributed by atoms with Crippen LogP contribution in [0.15, 0.2) is 35.5 Å². The molecule has 1 aromatic carbocycles. The van der Waals surface area contributed by atoms with Gasteiger partial charge in [-0.15, -0.1) is 0 Å². The largest absolute Gasteiger partial charge is 0.295 e. The molecule has 2 aromatic rings. The Morgan fingerprint density at radius 1 is 1.29 bits per heavy atom. The molecule has 0 bridgehead atoms. The van der Waals surface area contributed by atoms with Gasteiger partial charge < -0.3 is 0 Å². The molecule has 0 amide bonds. The summed E-state index contributed by atoms with van der Waals surface area (Å²) >= 11 is 0. The molecule has 7 nitrogen and oxygen atoms in total. The van der Waals surface area contributed by atoms with Gasteiger partial charge >= 0.3 is 0 Å². The number of ketones is 1. The number of hydrogen-bond acceptors (Lipinski definition) is 5. The lowest BCUT2D eigenvalue weighted by atomic mass is 10.2. The van der Waals surface area contributed by atoms with Gasteiger partial charge in [0.15, 0.2) is 5.78 Å². The van der Waals surface area contributed by atoms with E-state index in [-0.39, 0.29) is 10.7 Å². The normalized spacial score (nSPS) is 11.5. The van der Waals surface area contributed by atoms with E-state index in [0.717, 1.165) is 5.82 Å². The minimum atomic E-state index is -3.55. The molecule has 0 radical (unpaired) electrons. The maximum absolute atomic E-state index is 12.0. The van der Waals surface area contributed by atoms with Crippen LogP contribution in [0.3, 0.4) is 0 Å². The molecule has 0 atom stereocenters. The van der Waals surface area contributed by atoms with Crippen LogP contribution in [0.2, 0.25) is 0 Å². The standard InChI is InChI=1S/C13H16N4O3S/c1-10(18)11-4-6-12(7-5-11)21(19,20)16-8-2-3-13-14-9-15-17-13/h4-7,9,16H,2-3,8H2,1H3,(H,14,15,17). The highest BCUT2D eigenvalue weighted by Crippen LogP contribution is 2.11. The first-order chi connectivity index (χ1) is 9.99. The second-order valence-corrected chi connectivity index (χ2v) is 6.28. The molecule has 1 heterocycles. The Hall–Kier alpha value is -2.06. The third-order valence-corrected chi connectivity index (χ3v) is 4.40. The molecule has 0 fully saturated rings. The summed E-state index contributed by atoms with van der Waals surface area (Å²) in [6.07, 6.45) is 2.64. The van der Waals surface area contributed by atoms with Crippen molar-refractivity contribution in [2.45, 2.75) is 24.7 Å². The fourth-order valence-corrected chi connectivity index (χ4v) is 2.84. The summed E-state index contributed by atoms with van der Waals surface area (Å²) in [5, 5.41) is 6.43. The average molecular weight is 308 g/mol. The van der Waals surface area contributed by atoms with E-state index in [1.54, 1.807) is 0 Å². The second-order valence-electron chi connectivity index (χ2n) is 4.51. The SMILES string of the molecule is CC(=O)c1ccc(S(=O)(=O)NCCCc2ncn[nH]2)cc1. The first-order valence-electron chi connectivity index (χ1n) is 6.44. The topological polar surface area (TPSA) is 105 Å². The molecule has 0 unspecified atom stereocenters. The molecule has 2 N–H and O–H groups in total. The molecule has 2 rings (SSSR count). The first-order valence-corrected chi connectivity index (χ1v) is 7.92. The number of nitrogens with zero attached hydrogens (tertiary/aromatic N) is 2. The zero-order valence-electron chi connectivity index (χ0n) is 11.5. The number of rotatable bonds is 7. The summed E-state index contributed by atoms with van der Waals surface area (Å²) in [7, 11) is -3.55. The van der Waals surface area contributed by atoms with Crippen LogP contribution in [0, 0.1) is 0 Å². The molecule has 0 aliphatic carbocycles. The van der Waals surface area contributed by atoms with Crippen molar-refractivity contribution in [1.29, 1.82) is 0 Å². The summed E-state index contributed by atoms with van der Waals surface area (Å²) in [5.74, 6) is 0.624. The van der Waals surface area contributed by atoms with Crippen molar-refractivity contribution in [2.24, 2.45) is 0 Å². The zero-order chi connectivity index (χ0) is 15.3. The Bertz CT molecular complexity index is 694. The van der Waals surface area contributed by atoms with Crippen LogP contribution in [-0.2, 0) is 16.4 Å². The highest BCUT2D eigenvalue weighted by atomic mass is 32.2. The third kappa shape index (κ3) is 4.20. The quantitative estimate of drug-likeness (QED) is 0.584. The van der Waals surface area contributed by atoms with Crippen molar-refractivity contribution in [3.05, 3.63) is 42.0 Å². The van der Waals surface area contributed by atoms with Crippen LogP contribution >= 0.6 is 0 Å². The average Bonchev–Trinajstić information content (AvgIpc) is 2.97. The molecule has 0 spiro atoms. The first kappa shape index (κ1) is 15.3. The number of sulfonamides is 1. The van der Waals surface area contributed by atoms with Crippen molar-refractivity contribution >= 4 is 15.8 Å². The van der Waals surface area contributed by atoms with Gasteiger partial charge in [-0.1, -0.05) is 12.1 Å². The molecule has 0 aliphatic heterocycles. The lowest BCUT2D eigenvalue weighted by Crippen LogP contribution is -2.25. The van der Waals surface area contributed by atoms with Crippen LogP contribution in [0.25, 0.3) is 0 Å². The summed E-state index contributed by atoms with van der Waals surface area (Å²) in [4.78, 5) is 15.3. The maximum Gasteiger partial charge on any atom is 0.240 e. The Morgan fingerprint density at radius 3 is 2.57 bits per heavy atom. The van der Waals surface area contributed by atoms with Crippen LogP contribution < -0.4 is 4.72 Å². The van der Waals surface area contributed by atoms with Crippen LogP contribution in [0.5, 0.6) is 0 Å². The summed E-state index contributed by atoms with van der Waals surface area (Å²) in [6, 6.07) is 5.86. The number of nitrogens with one attached hydrogen (secondary N) is 2. The minimum Gasteiger partial charge on any atom is -0.295 e. The number of hydrogen-bond donors (Lipinski definition) is 2. The fourth-order valence-electron chi connectivity index (χ4n) is 1.77. The van der Waals surface area contributed by atoms with Crippen LogP contribution in [0.1, 0.15) is 29.5 Å². The molecule has 21 heavy (non-hydrogen) atoms. The predicted octanol–water partition coefficient (Wildman–Crippen LogP) is 0.918. The Morgan fingerprint density at radius 2 is 2.00 bits per heavy atom. The van der Waals surface area contributed by atoms with E-state index in [0.29, 0.717) is 24.9 Å². The van der Waals surface area contributed by atoms with E-state index in [2.05, 4.69) is 19.9 Å². The van der Waals surface area contributed by atoms with E-state index in [1.807, 2.05) is 0 Å². The Balaban J connectivity index is 1.90. The molecule has 0 aliphatic rings. The number of carbonyl (C=O) groups excluding carboxylic acids is 1. The summed E-state index contributed by atoms with van der Waals surface area (Å²) < 4.78 is 26.6. The lowest BCUT2D eigenvalue weighted by molar-refractivity contribution is 0.101. The number of H-pyrrole nitrogens is 1. The van der Waals surface area contributed by atoms with Crippen molar-refractivity contribution in [1.82, 2.24) is 19.9 Å². The number of aromatic nitrogens is 3. The van der Waals surface area contributed by atoms with Gasteiger partial charge in [0.2, 0.25) is 10.0 Å². The molecule has 112 valence electrons. The van der Waals surface area contributed by atoms with Gasteiger partial charge in [-0.3, -0.25) is 9.89 Å². The van der Waals surface area contributed by atoms with E-state index in [1.165, 1.54) is 37.5 Å².